The van der Waals surface area contributed by atoms with E-state index in [1.807, 2.05) is 35.2 Å². The Hall–Kier alpha value is -1.66. The van der Waals surface area contributed by atoms with Crippen molar-refractivity contribution in [2.24, 2.45) is 0 Å². The van der Waals surface area contributed by atoms with Crippen molar-refractivity contribution in [3.8, 4) is 0 Å². The number of carbonyl (C=O) groups excluding carboxylic acids is 2. The summed E-state index contributed by atoms with van der Waals surface area (Å²) in [5.74, 6) is 0.0103. The van der Waals surface area contributed by atoms with Gasteiger partial charge in [-0.15, -0.1) is 0 Å². The minimum Gasteiger partial charge on any atom is -0.339 e. The Kier molecular flexibility index (Phi) is 4.31. The van der Waals surface area contributed by atoms with Crippen LogP contribution in [0.3, 0.4) is 0 Å². The van der Waals surface area contributed by atoms with Crippen LogP contribution < -0.4 is 0 Å². The molecule has 1 aromatic carbocycles. The minimum absolute atomic E-state index is 0.0766. The molecule has 0 N–H and O–H groups in total. The number of likely N-dealkylation sites (tertiary alicyclic amines) is 1. The van der Waals surface area contributed by atoms with E-state index in [4.69, 9.17) is 12.2 Å². The molecule has 1 aromatic rings. The predicted molar refractivity (Wildman–Crippen MR) is 92.5 cm³/mol. The quantitative estimate of drug-likeness (QED) is 0.617. The molecule has 2 fully saturated rings. The monoisotopic (exact) mass is 332 g/mol. The summed E-state index contributed by atoms with van der Waals surface area (Å²) in [6, 6.07) is 7.37. The summed E-state index contributed by atoms with van der Waals surface area (Å²) in [7, 11) is 1.68. The van der Waals surface area contributed by atoms with Gasteiger partial charge in [0.05, 0.1) is 4.91 Å². The van der Waals surface area contributed by atoms with Crippen LogP contribution in [-0.4, -0.2) is 46.1 Å². The van der Waals surface area contributed by atoms with E-state index in [0.717, 1.165) is 31.5 Å². The van der Waals surface area contributed by atoms with E-state index in [-0.39, 0.29) is 11.8 Å². The van der Waals surface area contributed by atoms with Crippen molar-refractivity contribution in [2.45, 2.75) is 12.8 Å². The Balaban J connectivity index is 1.76. The zero-order chi connectivity index (χ0) is 15.7. The summed E-state index contributed by atoms with van der Waals surface area (Å²) in [5.41, 5.74) is 1.59. The van der Waals surface area contributed by atoms with E-state index in [0.29, 0.717) is 14.8 Å². The van der Waals surface area contributed by atoms with Crippen LogP contribution in [0.15, 0.2) is 29.2 Å². The van der Waals surface area contributed by atoms with Crippen LogP contribution in [0.5, 0.6) is 0 Å². The molecular weight excluding hydrogens is 316 g/mol. The van der Waals surface area contributed by atoms with E-state index in [1.54, 1.807) is 7.05 Å². The summed E-state index contributed by atoms with van der Waals surface area (Å²) >= 11 is 6.41. The molecule has 0 aliphatic carbocycles. The van der Waals surface area contributed by atoms with Crippen molar-refractivity contribution in [1.82, 2.24) is 9.80 Å². The number of amides is 2. The Morgan fingerprint density at radius 3 is 2.41 bits per heavy atom. The molecule has 2 amide bonds. The zero-order valence-corrected chi connectivity index (χ0v) is 13.9. The van der Waals surface area contributed by atoms with Gasteiger partial charge in [0, 0.05) is 25.7 Å². The fraction of sp³-hybridized carbons (Fsp3) is 0.312. The second-order valence-corrected chi connectivity index (χ2v) is 7.04. The van der Waals surface area contributed by atoms with E-state index in [2.05, 4.69) is 0 Å². The lowest BCUT2D eigenvalue weighted by Crippen LogP contribution is -2.27. The average molecular weight is 332 g/mol. The van der Waals surface area contributed by atoms with Crippen LogP contribution in [0.4, 0.5) is 0 Å². The van der Waals surface area contributed by atoms with E-state index in [1.165, 1.54) is 16.7 Å². The molecule has 114 valence electrons. The van der Waals surface area contributed by atoms with E-state index >= 15 is 0 Å². The van der Waals surface area contributed by atoms with Crippen molar-refractivity contribution in [2.75, 3.05) is 20.1 Å². The molecule has 0 aromatic heterocycles. The van der Waals surface area contributed by atoms with Crippen LogP contribution in [0.25, 0.3) is 6.08 Å². The highest BCUT2D eigenvalue weighted by atomic mass is 32.2. The molecule has 0 radical (unpaired) electrons. The molecule has 2 aliphatic heterocycles. The van der Waals surface area contributed by atoms with Crippen molar-refractivity contribution in [1.29, 1.82) is 0 Å². The van der Waals surface area contributed by atoms with Gasteiger partial charge in [0.25, 0.3) is 11.8 Å². The van der Waals surface area contributed by atoms with Crippen LogP contribution in [-0.2, 0) is 4.79 Å². The minimum atomic E-state index is -0.0766. The maximum absolute atomic E-state index is 12.3. The normalized spacial score (nSPS) is 20.3. The van der Waals surface area contributed by atoms with Gasteiger partial charge in [-0.2, -0.15) is 0 Å². The van der Waals surface area contributed by atoms with Gasteiger partial charge in [0.15, 0.2) is 0 Å². The van der Waals surface area contributed by atoms with E-state index in [9.17, 15) is 9.59 Å². The molecule has 2 aliphatic rings. The van der Waals surface area contributed by atoms with Gasteiger partial charge in [-0.25, -0.2) is 0 Å². The number of rotatable bonds is 2. The fourth-order valence-corrected chi connectivity index (χ4v) is 3.70. The summed E-state index contributed by atoms with van der Waals surface area (Å²) in [6.07, 6.45) is 3.98. The first kappa shape index (κ1) is 15.2. The number of benzene rings is 1. The molecular formula is C16H16N2O2S2. The van der Waals surface area contributed by atoms with Crippen LogP contribution in [0, 0.1) is 0 Å². The van der Waals surface area contributed by atoms with Crippen molar-refractivity contribution >= 4 is 46.2 Å². The molecule has 0 unspecified atom stereocenters. The largest absolute Gasteiger partial charge is 0.339 e. The second-order valence-electron chi connectivity index (χ2n) is 5.36. The number of hydrogen-bond donors (Lipinski definition) is 0. The summed E-state index contributed by atoms with van der Waals surface area (Å²) in [5, 5.41) is 0. The Morgan fingerprint density at radius 2 is 1.86 bits per heavy atom. The number of thioether (sulfide) groups is 1. The maximum atomic E-state index is 12.3. The first-order valence-electron chi connectivity index (χ1n) is 7.17. The number of likely N-dealkylation sites (N-methyl/N-ethyl adjacent to an activating group) is 1. The summed E-state index contributed by atoms with van der Waals surface area (Å²) in [4.78, 5) is 28.2. The van der Waals surface area contributed by atoms with E-state index < -0.39 is 0 Å². The van der Waals surface area contributed by atoms with Gasteiger partial charge in [-0.05, 0) is 36.6 Å². The third-order valence-electron chi connectivity index (χ3n) is 3.84. The molecule has 0 spiro atoms. The van der Waals surface area contributed by atoms with Crippen LogP contribution in [0.1, 0.15) is 28.8 Å². The molecule has 3 rings (SSSR count). The van der Waals surface area contributed by atoms with Gasteiger partial charge >= 0.3 is 0 Å². The first-order valence-corrected chi connectivity index (χ1v) is 8.39. The molecule has 22 heavy (non-hydrogen) atoms. The van der Waals surface area contributed by atoms with Crippen LogP contribution >= 0.6 is 24.0 Å². The second kappa shape index (κ2) is 6.22. The summed E-state index contributed by atoms with van der Waals surface area (Å²) in [6.45, 7) is 1.69. The fourth-order valence-electron chi connectivity index (χ4n) is 2.52. The molecule has 2 saturated heterocycles. The lowest BCUT2D eigenvalue weighted by Gasteiger charge is -2.15. The molecule has 2 heterocycles. The molecule has 0 saturated carbocycles. The number of carbonyl (C=O) groups is 2. The maximum Gasteiger partial charge on any atom is 0.265 e. The highest BCUT2D eigenvalue weighted by Crippen LogP contribution is 2.31. The topological polar surface area (TPSA) is 40.6 Å². The molecule has 0 atom stereocenters. The van der Waals surface area contributed by atoms with Gasteiger partial charge in [-0.1, -0.05) is 36.1 Å². The van der Waals surface area contributed by atoms with Gasteiger partial charge in [0.1, 0.15) is 4.32 Å². The predicted octanol–water partition coefficient (Wildman–Crippen LogP) is 2.75. The van der Waals surface area contributed by atoms with Crippen molar-refractivity contribution in [3.63, 3.8) is 0 Å². The standard InChI is InChI=1S/C16H16N2O2S2/c1-17-15(20)13(22-16(17)21)10-11-4-6-12(7-5-11)14(19)18-8-2-3-9-18/h4-7,10H,2-3,8-9H2,1H3. The number of thiocarbonyl (C=S) groups is 1. The van der Waals surface area contributed by atoms with Crippen molar-refractivity contribution in [3.05, 3.63) is 40.3 Å². The lowest BCUT2D eigenvalue weighted by atomic mass is 10.1. The Labute approximate surface area is 139 Å². The molecule has 6 heteroatoms. The summed E-state index contributed by atoms with van der Waals surface area (Å²) < 4.78 is 0.567. The van der Waals surface area contributed by atoms with Gasteiger partial charge in [0.2, 0.25) is 0 Å². The lowest BCUT2D eigenvalue weighted by molar-refractivity contribution is -0.121. The Morgan fingerprint density at radius 1 is 1.23 bits per heavy atom. The molecule has 4 nitrogen and oxygen atoms in total. The average Bonchev–Trinajstić information content (AvgIpc) is 3.13. The Bertz CT molecular complexity index is 661. The number of hydrogen-bond acceptors (Lipinski definition) is 4. The van der Waals surface area contributed by atoms with Gasteiger partial charge in [-0.3, -0.25) is 14.5 Å². The highest BCUT2D eigenvalue weighted by molar-refractivity contribution is 8.26. The third-order valence-corrected chi connectivity index (χ3v) is 5.32. The molecule has 0 bridgehead atoms. The zero-order valence-electron chi connectivity index (χ0n) is 12.2. The van der Waals surface area contributed by atoms with Crippen molar-refractivity contribution < 1.29 is 9.59 Å². The number of nitrogens with zero attached hydrogens (tertiary/aromatic N) is 2. The van der Waals surface area contributed by atoms with Gasteiger partial charge < -0.3 is 4.90 Å². The first-order chi connectivity index (χ1) is 10.6. The highest BCUT2D eigenvalue weighted by Gasteiger charge is 2.28. The SMILES string of the molecule is CN1C(=O)C(=Cc2ccc(C(=O)N3CCCC3)cc2)SC1=S. The van der Waals surface area contributed by atoms with Crippen LogP contribution in [0.2, 0.25) is 0 Å². The smallest absolute Gasteiger partial charge is 0.265 e. The third kappa shape index (κ3) is 2.94.